The second kappa shape index (κ2) is 9.34. The SMILES string of the molecule is CC(=O)Oc1ccc2c(c1)CCO[C@@]2(C)C(F)(F)F.C[C@@]1(C(F)(F)F)OCCc2cc(O)ccc21. The van der Waals surface area contributed by atoms with E-state index in [-0.39, 0.29) is 35.8 Å². The molecule has 2 atom stereocenters. The van der Waals surface area contributed by atoms with Gasteiger partial charge in [0.1, 0.15) is 11.5 Å². The van der Waals surface area contributed by atoms with Crippen molar-refractivity contribution >= 4 is 5.97 Å². The van der Waals surface area contributed by atoms with Gasteiger partial charge in [-0.1, -0.05) is 12.1 Å². The highest BCUT2D eigenvalue weighted by Crippen LogP contribution is 2.47. The van der Waals surface area contributed by atoms with E-state index in [4.69, 9.17) is 14.2 Å². The van der Waals surface area contributed by atoms with Crippen molar-refractivity contribution < 1.29 is 50.5 Å². The molecule has 0 bridgehead atoms. The number of hydrogen-bond acceptors (Lipinski definition) is 5. The Morgan fingerprint density at radius 2 is 1.31 bits per heavy atom. The molecule has 1 N–H and O–H groups in total. The molecule has 0 amide bonds. The van der Waals surface area contributed by atoms with Crippen molar-refractivity contribution in [3.05, 3.63) is 58.7 Å². The van der Waals surface area contributed by atoms with Gasteiger partial charge in [-0.25, -0.2) is 0 Å². The minimum Gasteiger partial charge on any atom is -0.508 e. The van der Waals surface area contributed by atoms with Gasteiger partial charge in [0.25, 0.3) is 0 Å². The standard InChI is InChI=1S/C13H13F3O3.C11H11F3O2/c1-8(17)19-10-3-4-11-9(7-10)5-6-18-12(11,2)13(14,15)16;1-10(11(12,13)14)9-3-2-8(15)6-7(9)4-5-16-10/h3-4,7H,5-6H2,1-2H3;2-3,6,15H,4-5H2,1H3/t12-;10-/m11/s1. The lowest BCUT2D eigenvalue weighted by molar-refractivity contribution is -0.281. The molecule has 2 heterocycles. The first-order chi connectivity index (χ1) is 16.1. The van der Waals surface area contributed by atoms with E-state index < -0.39 is 29.5 Å². The Morgan fingerprint density at radius 3 is 1.77 bits per heavy atom. The van der Waals surface area contributed by atoms with Gasteiger partial charge in [-0.3, -0.25) is 4.79 Å². The van der Waals surface area contributed by atoms with Crippen LogP contribution in [-0.2, 0) is 38.3 Å². The van der Waals surface area contributed by atoms with Crippen molar-refractivity contribution in [2.75, 3.05) is 13.2 Å². The lowest BCUT2D eigenvalue weighted by atomic mass is 9.87. The zero-order chi connectivity index (χ0) is 26.2. The normalized spacial score (nSPS) is 23.9. The third-order valence-corrected chi connectivity index (χ3v) is 6.06. The van der Waals surface area contributed by atoms with Gasteiger partial charge in [0.15, 0.2) is 11.2 Å². The number of halogens is 6. The Morgan fingerprint density at radius 1 is 0.857 bits per heavy atom. The summed E-state index contributed by atoms with van der Waals surface area (Å²) in [5, 5.41) is 9.24. The van der Waals surface area contributed by atoms with Crippen LogP contribution >= 0.6 is 0 Å². The van der Waals surface area contributed by atoms with E-state index >= 15 is 0 Å². The maximum atomic E-state index is 13.1. The fourth-order valence-corrected chi connectivity index (χ4v) is 4.08. The summed E-state index contributed by atoms with van der Waals surface area (Å²) >= 11 is 0. The van der Waals surface area contributed by atoms with Gasteiger partial charge in [-0.15, -0.1) is 0 Å². The predicted octanol–water partition coefficient (Wildman–Crippen LogP) is 5.70. The Hall–Kier alpha value is -2.79. The third-order valence-electron chi connectivity index (χ3n) is 6.06. The molecule has 35 heavy (non-hydrogen) atoms. The smallest absolute Gasteiger partial charge is 0.421 e. The third kappa shape index (κ3) is 5.25. The van der Waals surface area contributed by atoms with Crippen LogP contribution in [0.3, 0.4) is 0 Å². The van der Waals surface area contributed by atoms with Crippen LogP contribution in [-0.4, -0.2) is 36.6 Å². The van der Waals surface area contributed by atoms with Crippen molar-refractivity contribution in [1.29, 1.82) is 0 Å². The Balaban J connectivity index is 0.000000198. The van der Waals surface area contributed by atoms with Gasteiger partial charge in [0.05, 0.1) is 13.2 Å². The fourth-order valence-electron chi connectivity index (χ4n) is 4.08. The number of esters is 1. The zero-order valence-electron chi connectivity index (χ0n) is 19.1. The second-order valence-electron chi connectivity index (χ2n) is 8.51. The molecule has 2 aromatic rings. The molecule has 11 heteroatoms. The minimum absolute atomic E-state index is 0.00641. The molecule has 0 spiro atoms. The van der Waals surface area contributed by atoms with Crippen LogP contribution in [0.25, 0.3) is 0 Å². The number of phenolic OH excluding ortho intramolecular Hbond substituents is 1. The maximum Gasteiger partial charge on any atom is 0.421 e. The Bertz CT molecular complexity index is 1100. The molecular formula is C24H24F6O5. The fraction of sp³-hybridized carbons (Fsp3) is 0.458. The number of hydrogen-bond donors (Lipinski definition) is 1. The highest BCUT2D eigenvalue weighted by Gasteiger charge is 2.56. The average molecular weight is 506 g/mol. The number of rotatable bonds is 1. The maximum absolute atomic E-state index is 13.1. The summed E-state index contributed by atoms with van der Waals surface area (Å²) in [5.74, 6) is -0.284. The zero-order valence-corrected chi connectivity index (χ0v) is 19.1. The van der Waals surface area contributed by atoms with Gasteiger partial charge in [0.2, 0.25) is 0 Å². The number of ether oxygens (including phenoxy) is 3. The van der Waals surface area contributed by atoms with E-state index in [0.717, 1.165) is 13.8 Å². The van der Waals surface area contributed by atoms with E-state index in [9.17, 15) is 36.2 Å². The highest BCUT2D eigenvalue weighted by molar-refractivity contribution is 5.69. The molecule has 0 aromatic heterocycles. The summed E-state index contributed by atoms with van der Waals surface area (Å²) in [6.45, 7) is 3.25. The predicted molar refractivity (Wildman–Crippen MR) is 112 cm³/mol. The highest BCUT2D eigenvalue weighted by atomic mass is 19.4. The van der Waals surface area contributed by atoms with Crippen molar-refractivity contribution in [2.45, 2.75) is 57.2 Å². The lowest BCUT2D eigenvalue weighted by Gasteiger charge is -2.37. The Kier molecular flexibility index (Phi) is 7.16. The van der Waals surface area contributed by atoms with Gasteiger partial charge >= 0.3 is 18.3 Å². The molecule has 2 aliphatic heterocycles. The summed E-state index contributed by atoms with van der Waals surface area (Å²) in [6.07, 6.45) is -8.21. The van der Waals surface area contributed by atoms with E-state index in [1.165, 1.54) is 43.3 Å². The number of alkyl halides is 6. The van der Waals surface area contributed by atoms with Crippen LogP contribution in [0.2, 0.25) is 0 Å². The second-order valence-corrected chi connectivity index (χ2v) is 8.51. The number of benzene rings is 2. The quantitative estimate of drug-likeness (QED) is 0.305. The molecule has 0 fully saturated rings. The first kappa shape index (κ1) is 26.8. The van der Waals surface area contributed by atoms with Crippen LogP contribution in [0.5, 0.6) is 11.5 Å². The van der Waals surface area contributed by atoms with E-state index in [2.05, 4.69) is 0 Å². The molecule has 2 aromatic carbocycles. The summed E-state index contributed by atoms with van der Waals surface area (Å²) in [5.41, 5.74) is -3.44. The number of fused-ring (bicyclic) bond motifs is 2. The minimum atomic E-state index is -4.49. The molecule has 2 aliphatic rings. The molecule has 192 valence electrons. The van der Waals surface area contributed by atoms with Crippen LogP contribution in [0.1, 0.15) is 43.0 Å². The number of carbonyl (C=O) groups is 1. The molecular weight excluding hydrogens is 482 g/mol. The molecule has 0 unspecified atom stereocenters. The number of aromatic hydroxyl groups is 1. The molecule has 4 rings (SSSR count). The summed E-state index contributed by atoms with van der Waals surface area (Å²) in [6, 6.07) is 8.00. The van der Waals surface area contributed by atoms with E-state index in [0.29, 0.717) is 24.0 Å². The van der Waals surface area contributed by atoms with Crippen molar-refractivity contribution in [2.24, 2.45) is 0 Å². The Labute approximate surface area is 197 Å². The molecule has 5 nitrogen and oxygen atoms in total. The summed E-state index contributed by atoms with van der Waals surface area (Å²) in [7, 11) is 0. The van der Waals surface area contributed by atoms with E-state index in [1.54, 1.807) is 0 Å². The first-order valence-corrected chi connectivity index (χ1v) is 10.6. The van der Waals surface area contributed by atoms with Crippen molar-refractivity contribution in [1.82, 2.24) is 0 Å². The number of carbonyl (C=O) groups excluding carboxylic acids is 1. The van der Waals surface area contributed by atoms with Crippen LogP contribution in [0, 0.1) is 0 Å². The van der Waals surface area contributed by atoms with Crippen molar-refractivity contribution in [3.63, 3.8) is 0 Å². The van der Waals surface area contributed by atoms with Crippen LogP contribution in [0.4, 0.5) is 26.3 Å². The monoisotopic (exact) mass is 506 g/mol. The lowest BCUT2D eigenvalue weighted by Crippen LogP contribution is -2.45. The first-order valence-electron chi connectivity index (χ1n) is 10.6. The van der Waals surface area contributed by atoms with E-state index in [1.807, 2.05) is 0 Å². The largest absolute Gasteiger partial charge is 0.508 e. The molecule has 0 saturated carbocycles. The van der Waals surface area contributed by atoms with Gasteiger partial charge in [-0.05, 0) is 73.2 Å². The van der Waals surface area contributed by atoms with Crippen molar-refractivity contribution in [3.8, 4) is 11.5 Å². The number of phenols is 1. The summed E-state index contributed by atoms with van der Waals surface area (Å²) < 4.78 is 92.8. The van der Waals surface area contributed by atoms with Gasteiger partial charge in [-0.2, -0.15) is 26.3 Å². The average Bonchev–Trinajstić information content (AvgIpc) is 2.72. The topological polar surface area (TPSA) is 65.0 Å². The van der Waals surface area contributed by atoms with Crippen LogP contribution < -0.4 is 4.74 Å². The van der Waals surface area contributed by atoms with Gasteiger partial charge in [0, 0.05) is 6.92 Å². The molecule has 0 radical (unpaired) electrons. The summed E-state index contributed by atoms with van der Waals surface area (Å²) in [4.78, 5) is 10.8. The molecule has 0 aliphatic carbocycles. The molecule has 0 saturated heterocycles. The van der Waals surface area contributed by atoms with Gasteiger partial charge < -0.3 is 19.3 Å². The van der Waals surface area contributed by atoms with Crippen LogP contribution in [0.15, 0.2) is 36.4 Å².